The van der Waals surface area contributed by atoms with Crippen molar-refractivity contribution in [3.63, 3.8) is 0 Å². The minimum absolute atomic E-state index is 0.00509. The molecular formula is C22H22F3N3. The molecule has 3 nitrogen and oxygen atoms in total. The van der Waals surface area contributed by atoms with Gasteiger partial charge in [0.15, 0.2) is 0 Å². The van der Waals surface area contributed by atoms with E-state index >= 15 is 8.78 Å². The van der Waals surface area contributed by atoms with Crippen molar-refractivity contribution in [2.24, 2.45) is 0 Å². The number of fused-ring (bicyclic) bond motifs is 3. The molecule has 2 heterocycles. The molecule has 2 aromatic carbocycles. The summed E-state index contributed by atoms with van der Waals surface area (Å²) >= 11 is 0. The first-order valence-corrected chi connectivity index (χ1v) is 9.71. The monoisotopic (exact) mass is 385 g/mol. The third-order valence-electron chi connectivity index (χ3n) is 6.22. The smallest absolute Gasteiger partial charge is 0.131 e. The van der Waals surface area contributed by atoms with Gasteiger partial charge in [0.1, 0.15) is 17.3 Å². The van der Waals surface area contributed by atoms with Crippen molar-refractivity contribution in [1.29, 1.82) is 0 Å². The maximum Gasteiger partial charge on any atom is 0.131 e. The molecule has 3 aromatic rings. The van der Waals surface area contributed by atoms with Gasteiger partial charge < -0.3 is 0 Å². The number of halogens is 3. The molecular weight excluding hydrogens is 363 g/mol. The van der Waals surface area contributed by atoms with Crippen molar-refractivity contribution in [1.82, 2.24) is 15.1 Å². The zero-order valence-corrected chi connectivity index (χ0v) is 15.9. The number of hydrogen-bond donors (Lipinski definition) is 1. The molecule has 1 aliphatic carbocycles. The van der Waals surface area contributed by atoms with E-state index in [4.69, 9.17) is 0 Å². The van der Waals surface area contributed by atoms with Crippen LogP contribution in [0.3, 0.4) is 0 Å². The van der Waals surface area contributed by atoms with Crippen LogP contribution in [0.5, 0.6) is 0 Å². The van der Waals surface area contributed by atoms with Crippen molar-refractivity contribution < 1.29 is 13.2 Å². The number of alkyl halides is 1. The molecule has 0 saturated heterocycles. The van der Waals surface area contributed by atoms with E-state index in [1.54, 1.807) is 13.1 Å². The van der Waals surface area contributed by atoms with Gasteiger partial charge in [0.05, 0.1) is 17.8 Å². The van der Waals surface area contributed by atoms with Crippen LogP contribution in [-0.4, -0.2) is 33.4 Å². The quantitative estimate of drug-likeness (QED) is 0.689. The number of rotatable bonds is 3. The molecule has 28 heavy (non-hydrogen) atoms. The Kier molecular flexibility index (Phi) is 3.85. The molecule has 2 atom stereocenters. The number of aromatic amines is 1. The van der Waals surface area contributed by atoms with E-state index in [1.165, 1.54) is 12.1 Å². The highest BCUT2D eigenvalue weighted by molar-refractivity contribution is 5.83. The number of nitrogens with one attached hydrogen (secondary N) is 1. The van der Waals surface area contributed by atoms with Crippen molar-refractivity contribution in [2.45, 2.75) is 50.9 Å². The minimum atomic E-state index is -1.25. The second kappa shape index (κ2) is 6.08. The summed E-state index contributed by atoms with van der Waals surface area (Å²) in [6.45, 7) is 3.86. The summed E-state index contributed by atoms with van der Waals surface area (Å²) in [4.78, 5) is 1.94. The Bertz CT molecular complexity index is 1050. The molecule has 1 N–H and O–H groups in total. The first kappa shape index (κ1) is 17.7. The van der Waals surface area contributed by atoms with Gasteiger partial charge in [0, 0.05) is 23.5 Å². The van der Waals surface area contributed by atoms with E-state index in [0.29, 0.717) is 24.8 Å². The minimum Gasteiger partial charge on any atom is -0.286 e. The van der Waals surface area contributed by atoms with Gasteiger partial charge >= 0.3 is 0 Å². The lowest BCUT2D eigenvalue weighted by Gasteiger charge is -2.43. The van der Waals surface area contributed by atoms with Gasteiger partial charge in [-0.25, -0.2) is 13.2 Å². The average Bonchev–Trinajstić information content (AvgIpc) is 3.15. The van der Waals surface area contributed by atoms with Crippen LogP contribution in [-0.2, 0) is 6.42 Å². The zero-order chi connectivity index (χ0) is 19.6. The first-order chi connectivity index (χ1) is 13.4. The molecule has 5 rings (SSSR count). The van der Waals surface area contributed by atoms with E-state index in [2.05, 4.69) is 10.2 Å². The Morgan fingerprint density at radius 3 is 2.61 bits per heavy atom. The van der Waals surface area contributed by atoms with Gasteiger partial charge in [-0.3, -0.25) is 10.00 Å². The molecule has 146 valence electrons. The number of aromatic nitrogens is 2. The highest BCUT2D eigenvalue weighted by atomic mass is 19.1. The lowest BCUT2D eigenvalue weighted by molar-refractivity contribution is 0.0952. The van der Waals surface area contributed by atoms with Crippen LogP contribution in [0.2, 0.25) is 0 Å². The van der Waals surface area contributed by atoms with Gasteiger partial charge in [-0.2, -0.15) is 5.10 Å². The molecule has 1 aromatic heterocycles. The van der Waals surface area contributed by atoms with Crippen LogP contribution in [0.15, 0.2) is 30.5 Å². The van der Waals surface area contributed by atoms with Crippen molar-refractivity contribution in [3.8, 4) is 0 Å². The van der Waals surface area contributed by atoms with Gasteiger partial charge in [-0.15, -0.1) is 0 Å². The lowest BCUT2D eigenvalue weighted by Crippen LogP contribution is -2.46. The molecule has 1 aliphatic heterocycles. The molecule has 1 fully saturated rings. The Balaban J connectivity index is 1.74. The molecule has 0 amide bonds. The van der Waals surface area contributed by atoms with Gasteiger partial charge in [-0.05, 0) is 68.0 Å². The Morgan fingerprint density at radius 2 is 1.93 bits per heavy atom. The predicted molar refractivity (Wildman–Crippen MR) is 102 cm³/mol. The fourth-order valence-electron chi connectivity index (χ4n) is 4.58. The summed E-state index contributed by atoms with van der Waals surface area (Å²) in [7, 11) is 0. The van der Waals surface area contributed by atoms with Gasteiger partial charge in [0.2, 0.25) is 0 Å². The zero-order valence-electron chi connectivity index (χ0n) is 15.9. The standard InChI is InChI=1S/C22H22F3N3/c1-12-7-17(23)20(18(24)8-12)21-14-3-4-19-16(10-26-27-19)15(14)9-13(2)28(21)11-22(25)5-6-22/h3-4,7-8,10,13,21H,5-6,9,11H2,1-2H3,(H,26,27)/t13-,21+/m1/s1. The van der Waals surface area contributed by atoms with Crippen molar-refractivity contribution in [3.05, 3.63) is 64.4 Å². The lowest BCUT2D eigenvalue weighted by atomic mass is 9.82. The molecule has 0 radical (unpaired) electrons. The molecule has 1 saturated carbocycles. The summed E-state index contributed by atoms with van der Waals surface area (Å²) in [6, 6.07) is 5.78. The van der Waals surface area contributed by atoms with E-state index in [9.17, 15) is 4.39 Å². The highest BCUT2D eigenvalue weighted by Crippen LogP contribution is 2.47. The number of nitrogens with zero attached hydrogens (tertiary/aromatic N) is 2. The average molecular weight is 385 g/mol. The summed E-state index contributed by atoms with van der Waals surface area (Å²) in [5.41, 5.74) is 2.05. The predicted octanol–water partition coefficient (Wildman–Crippen LogP) is 4.99. The number of hydrogen-bond acceptors (Lipinski definition) is 2. The number of H-pyrrole nitrogens is 1. The van der Waals surface area contributed by atoms with Crippen LogP contribution < -0.4 is 0 Å². The third kappa shape index (κ3) is 2.73. The van der Waals surface area contributed by atoms with Crippen LogP contribution in [0.4, 0.5) is 13.2 Å². The molecule has 2 aliphatic rings. The summed E-state index contributed by atoms with van der Waals surface area (Å²) < 4.78 is 44.8. The normalized spacial score (nSPS) is 23.8. The molecule has 0 spiro atoms. The van der Waals surface area contributed by atoms with Crippen LogP contribution in [0, 0.1) is 18.6 Å². The second-order valence-corrected chi connectivity index (χ2v) is 8.39. The maximum absolute atomic E-state index is 15.0. The van der Waals surface area contributed by atoms with Crippen LogP contribution in [0.1, 0.15) is 48.1 Å². The second-order valence-electron chi connectivity index (χ2n) is 8.39. The van der Waals surface area contributed by atoms with Crippen molar-refractivity contribution >= 4 is 10.9 Å². The SMILES string of the molecule is Cc1cc(F)c([C@@H]2c3ccc4[nH]ncc4c3C[C@@H](C)N2CC2(F)CC2)c(F)c1. The number of aryl methyl sites for hydroxylation is 1. The Labute approximate surface area is 161 Å². The molecule has 0 bridgehead atoms. The van der Waals surface area contributed by atoms with Crippen molar-refractivity contribution in [2.75, 3.05) is 6.54 Å². The maximum atomic E-state index is 15.0. The summed E-state index contributed by atoms with van der Waals surface area (Å²) in [5.74, 6) is -1.16. The topological polar surface area (TPSA) is 31.9 Å². The van der Waals surface area contributed by atoms with Crippen LogP contribution in [0.25, 0.3) is 10.9 Å². The largest absolute Gasteiger partial charge is 0.286 e. The Hall–Kier alpha value is -2.34. The van der Waals surface area contributed by atoms with E-state index in [-0.39, 0.29) is 18.2 Å². The summed E-state index contributed by atoms with van der Waals surface area (Å²) in [5, 5.41) is 8.04. The highest BCUT2D eigenvalue weighted by Gasteiger charge is 2.48. The fourth-order valence-corrected chi connectivity index (χ4v) is 4.58. The number of benzene rings is 2. The first-order valence-electron chi connectivity index (χ1n) is 9.71. The van der Waals surface area contributed by atoms with E-state index < -0.39 is 23.3 Å². The third-order valence-corrected chi connectivity index (χ3v) is 6.22. The molecule has 6 heteroatoms. The van der Waals surface area contributed by atoms with E-state index in [1.807, 2.05) is 24.0 Å². The summed E-state index contributed by atoms with van der Waals surface area (Å²) in [6.07, 6.45) is 3.46. The van der Waals surface area contributed by atoms with Gasteiger partial charge in [0.25, 0.3) is 0 Å². The Morgan fingerprint density at radius 1 is 1.21 bits per heavy atom. The van der Waals surface area contributed by atoms with Gasteiger partial charge in [-0.1, -0.05) is 6.07 Å². The van der Waals surface area contributed by atoms with Crippen LogP contribution >= 0.6 is 0 Å². The fraction of sp³-hybridized carbons (Fsp3) is 0.409. The van der Waals surface area contributed by atoms with E-state index in [0.717, 1.165) is 22.0 Å². The molecule has 0 unspecified atom stereocenters.